The molecule has 0 radical (unpaired) electrons. The van der Waals surface area contributed by atoms with Gasteiger partial charge in [-0.1, -0.05) is 35.9 Å². The average Bonchev–Trinajstić information content (AvgIpc) is 3.36. The van der Waals surface area contributed by atoms with Crippen LogP contribution < -0.4 is 10.1 Å². The van der Waals surface area contributed by atoms with E-state index < -0.39 is 5.97 Å². The number of carbonyl (C=O) groups excluding carboxylic acids is 2. The van der Waals surface area contributed by atoms with Crippen molar-refractivity contribution >= 4 is 34.2 Å². The lowest BCUT2D eigenvalue weighted by atomic mass is 10.1. The number of hydrogen-bond acceptors (Lipinski definition) is 4. The minimum Gasteiger partial charge on any atom is -0.481 e. The van der Waals surface area contributed by atoms with Gasteiger partial charge in [0.25, 0.3) is 5.91 Å². The van der Waals surface area contributed by atoms with E-state index >= 15 is 0 Å². The molecule has 0 aliphatic heterocycles. The summed E-state index contributed by atoms with van der Waals surface area (Å²) >= 11 is 6.13. The van der Waals surface area contributed by atoms with Gasteiger partial charge in [0.15, 0.2) is 13.2 Å². The SMILES string of the molecule is O=C(COC(=O)COc1ccc(Cl)c2ccccc12)NC1CC1. The number of rotatable bonds is 6. The second-order valence-electron chi connectivity index (χ2n) is 5.38. The molecule has 1 aliphatic rings. The number of halogens is 1. The number of esters is 1. The third-order valence-corrected chi connectivity index (χ3v) is 3.81. The zero-order valence-electron chi connectivity index (χ0n) is 12.4. The predicted octanol–water partition coefficient (Wildman–Crippen LogP) is 2.69. The van der Waals surface area contributed by atoms with Crippen molar-refractivity contribution in [1.82, 2.24) is 5.32 Å². The van der Waals surface area contributed by atoms with E-state index in [2.05, 4.69) is 5.32 Å². The molecule has 2 aromatic rings. The van der Waals surface area contributed by atoms with Crippen molar-refractivity contribution in [3.05, 3.63) is 41.4 Å². The molecule has 1 N–H and O–H groups in total. The highest BCUT2D eigenvalue weighted by Gasteiger charge is 2.23. The normalized spacial score (nSPS) is 13.6. The first-order valence-corrected chi connectivity index (χ1v) is 7.76. The van der Waals surface area contributed by atoms with E-state index in [-0.39, 0.29) is 25.2 Å². The van der Waals surface area contributed by atoms with Gasteiger partial charge in [-0.2, -0.15) is 0 Å². The standard InChI is InChI=1S/C17H16ClNO4/c18-14-7-8-15(13-4-2-1-3-12(13)14)22-10-17(21)23-9-16(20)19-11-5-6-11/h1-4,7-8,11H,5-6,9-10H2,(H,19,20). The summed E-state index contributed by atoms with van der Waals surface area (Å²) in [5.41, 5.74) is 0. The minimum atomic E-state index is -0.588. The van der Waals surface area contributed by atoms with Gasteiger partial charge < -0.3 is 14.8 Å². The van der Waals surface area contributed by atoms with Crippen LogP contribution in [-0.2, 0) is 14.3 Å². The molecule has 5 nitrogen and oxygen atoms in total. The highest BCUT2D eigenvalue weighted by atomic mass is 35.5. The quantitative estimate of drug-likeness (QED) is 0.825. The molecule has 6 heteroatoms. The molecule has 1 amide bonds. The summed E-state index contributed by atoms with van der Waals surface area (Å²) < 4.78 is 10.4. The van der Waals surface area contributed by atoms with E-state index in [1.807, 2.05) is 24.3 Å². The Morgan fingerprint density at radius 1 is 1.09 bits per heavy atom. The van der Waals surface area contributed by atoms with Gasteiger partial charge in [0, 0.05) is 21.8 Å². The van der Waals surface area contributed by atoms with Crippen LogP contribution in [0.15, 0.2) is 36.4 Å². The third kappa shape index (κ3) is 4.13. The Morgan fingerprint density at radius 2 is 1.83 bits per heavy atom. The number of benzene rings is 2. The molecule has 2 aromatic carbocycles. The molecule has 23 heavy (non-hydrogen) atoms. The summed E-state index contributed by atoms with van der Waals surface area (Å²) in [6.07, 6.45) is 1.98. The van der Waals surface area contributed by atoms with E-state index in [0.29, 0.717) is 10.8 Å². The summed E-state index contributed by atoms with van der Waals surface area (Å²) in [5, 5.41) is 5.03. The first-order valence-electron chi connectivity index (χ1n) is 7.38. The van der Waals surface area contributed by atoms with Crippen molar-refractivity contribution in [3.8, 4) is 5.75 Å². The number of fused-ring (bicyclic) bond motifs is 1. The minimum absolute atomic E-state index is 0.248. The lowest BCUT2D eigenvalue weighted by molar-refractivity contribution is -0.150. The number of hydrogen-bond donors (Lipinski definition) is 1. The molecule has 0 spiro atoms. The number of carbonyl (C=O) groups is 2. The zero-order chi connectivity index (χ0) is 16.2. The van der Waals surface area contributed by atoms with Gasteiger partial charge in [0.1, 0.15) is 5.75 Å². The average molecular weight is 334 g/mol. The third-order valence-electron chi connectivity index (χ3n) is 3.48. The Morgan fingerprint density at radius 3 is 2.57 bits per heavy atom. The topological polar surface area (TPSA) is 64.6 Å². The van der Waals surface area contributed by atoms with Crippen molar-refractivity contribution < 1.29 is 19.1 Å². The fourth-order valence-corrected chi connectivity index (χ4v) is 2.41. The van der Waals surface area contributed by atoms with E-state index in [9.17, 15) is 9.59 Å². The molecule has 3 rings (SSSR count). The molecule has 0 atom stereocenters. The maximum absolute atomic E-state index is 11.7. The zero-order valence-corrected chi connectivity index (χ0v) is 13.1. The van der Waals surface area contributed by atoms with Crippen LogP contribution in [0.3, 0.4) is 0 Å². The van der Waals surface area contributed by atoms with Gasteiger partial charge in [0.2, 0.25) is 0 Å². The Kier molecular flexibility index (Phi) is 4.67. The second-order valence-corrected chi connectivity index (χ2v) is 5.79. The molecule has 120 valence electrons. The van der Waals surface area contributed by atoms with Gasteiger partial charge in [-0.15, -0.1) is 0 Å². The smallest absolute Gasteiger partial charge is 0.344 e. The molecule has 0 bridgehead atoms. The molecule has 1 saturated carbocycles. The van der Waals surface area contributed by atoms with Crippen LogP contribution in [0.2, 0.25) is 5.02 Å². The van der Waals surface area contributed by atoms with Crippen molar-refractivity contribution in [2.75, 3.05) is 13.2 Å². The Bertz CT molecular complexity index is 742. The largest absolute Gasteiger partial charge is 0.481 e. The van der Waals surface area contributed by atoms with Crippen molar-refractivity contribution in [3.63, 3.8) is 0 Å². The summed E-state index contributed by atoms with van der Waals surface area (Å²) in [6, 6.07) is 11.2. The van der Waals surface area contributed by atoms with E-state index in [1.54, 1.807) is 12.1 Å². The first kappa shape index (κ1) is 15.6. The Balaban J connectivity index is 1.54. The molecule has 0 aromatic heterocycles. The van der Waals surface area contributed by atoms with Gasteiger partial charge >= 0.3 is 5.97 Å². The lowest BCUT2D eigenvalue weighted by Gasteiger charge is -2.10. The monoisotopic (exact) mass is 333 g/mol. The lowest BCUT2D eigenvalue weighted by Crippen LogP contribution is -2.31. The highest BCUT2D eigenvalue weighted by molar-refractivity contribution is 6.35. The van der Waals surface area contributed by atoms with Crippen LogP contribution in [0.25, 0.3) is 10.8 Å². The first-order chi connectivity index (χ1) is 11.1. The molecular formula is C17H16ClNO4. The van der Waals surface area contributed by atoms with Crippen LogP contribution in [0.5, 0.6) is 5.75 Å². The number of amides is 1. The molecule has 1 fully saturated rings. The van der Waals surface area contributed by atoms with Crippen LogP contribution in [0.4, 0.5) is 0 Å². The molecular weight excluding hydrogens is 318 g/mol. The van der Waals surface area contributed by atoms with Crippen molar-refractivity contribution in [2.45, 2.75) is 18.9 Å². The molecule has 0 saturated heterocycles. The van der Waals surface area contributed by atoms with Crippen molar-refractivity contribution in [1.29, 1.82) is 0 Å². The molecule has 0 unspecified atom stereocenters. The van der Waals surface area contributed by atoms with Crippen LogP contribution in [0, 0.1) is 0 Å². The maximum Gasteiger partial charge on any atom is 0.344 e. The van der Waals surface area contributed by atoms with Crippen molar-refractivity contribution in [2.24, 2.45) is 0 Å². The number of nitrogens with one attached hydrogen (secondary N) is 1. The van der Waals surface area contributed by atoms with Crippen LogP contribution in [0.1, 0.15) is 12.8 Å². The summed E-state index contributed by atoms with van der Waals surface area (Å²) in [4.78, 5) is 23.1. The van der Waals surface area contributed by atoms with E-state index in [4.69, 9.17) is 21.1 Å². The fraction of sp³-hybridized carbons (Fsp3) is 0.294. The Hall–Kier alpha value is -2.27. The maximum atomic E-state index is 11.7. The highest BCUT2D eigenvalue weighted by Crippen LogP contribution is 2.31. The van der Waals surface area contributed by atoms with Gasteiger partial charge in [-0.3, -0.25) is 4.79 Å². The fourth-order valence-electron chi connectivity index (χ4n) is 2.18. The summed E-state index contributed by atoms with van der Waals surface area (Å²) in [5.74, 6) is -0.322. The molecule has 0 heterocycles. The van der Waals surface area contributed by atoms with Crippen LogP contribution in [-0.4, -0.2) is 31.1 Å². The number of ether oxygens (including phenoxy) is 2. The van der Waals surface area contributed by atoms with Gasteiger partial charge in [-0.05, 0) is 25.0 Å². The summed E-state index contributed by atoms with van der Waals surface area (Å²) in [7, 11) is 0. The molecule has 1 aliphatic carbocycles. The van der Waals surface area contributed by atoms with E-state index in [0.717, 1.165) is 23.6 Å². The summed E-state index contributed by atoms with van der Waals surface area (Å²) in [6.45, 7) is -0.539. The van der Waals surface area contributed by atoms with Crippen LogP contribution >= 0.6 is 11.6 Å². The van der Waals surface area contributed by atoms with Gasteiger partial charge in [0.05, 0.1) is 0 Å². The van der Waals surface area contributed by atoms with Gasteiger partial charge in [-0.25, -0.2) is 4.79 Å². The predicted molar refractivity (Wildman–Crippen MR) is 86.6 cm³/mol. The second kappa shape index (κ2) is 6.87. The Labute approximate surface area is 138 Å². The van der Waals surface area contributed by atoms with E-state index in [1.165, 1.54) is 0 Å².